The second kappa shape index (κ2) is 6.13. The summed E-state index contributed by atoms with van der Waals surface area (Å²) in [5, 5.41) is 18.8. The molecule has 0 aliphatic heterocycles. The lowest BCUT2D eigenvalue weighted by molar-refractivity contribution is 0.104. The van der Waals surface area contributed by atoms with E-state index in [1.54, 1.807) is 31.2 Å². The number of carbonyl (C=O) groups is 1. The summed E-state index contributed by atoms with van der Waals surface area (Å²) in [7, 11) is 1.50. The van der Waals surface area contributed by atoms with Gasteiger partial charge < -0.3 is 14.9 Å². The smallest absolute Gasteiger partial charge is 0.185 e. The Morgan fingerprint density at radius 3 is 2.43 bits per heavy atom. The molecule has 0 spiro atoms. The highest BCUT2D eigenvalue weighted by Gasteiger charge is 2.06. The van der Waals surface area contributed by atoms with Crippen LogP contribution in [0.2, 0.25) is 0 Å². The topological polar surface area (TPSA) is 66.8 Å². The molecule has 108 valence electrons. The van der Waals surface area contributed by atoms with Crippen molar-refractivity contribution in [3.8, 4) is 17.2 Å². The normalized spacial score (nSPS) is 10.8. The summed E-state index contributed by atoms with van der Waals surface area (Å²) in [6.07, 6.45) is 3.07. The van der Waals surface area contributed by atoms with Crippen LogP contribution in [0.25, 0.3) is 6.08 Å². The van der Waals surface area contributed by atoms with Gasteiger partial charge in [-0.1, -0.05) is 0 Å². The standard InChI is InChI=1S/C17H16O4/c1-11-9-13(17(21-2)10-16(11)20)5-8-15(19)12-3-6-14(18)7-4-12/h3-10,18,20H,1-2H3. The van der Waals surface area contributed by atoms with Crippen LogP contribution in [0.3, 0.4) is 0 Å². The van der Waals surface area contributed by atoms with Crippen LogP contribution in [0.4, 0.5) is 0 Å². The zero-order valence-electron chi connectivity index (χ0n) is 11.8. The highest BCUT2D eigenvalue weighted by molar-refractivity contribution is 6.07. The van der Waals surface area contributed by atoms with Crippen LogP contribution in [-0.4, -0.2) is 23.1 Å². The maximum atomic E-state index is 12.0. The van der Waals surface area contributed by atoms with Crippen molar-refractivity contribution in [3.05, 3.63) is 59.2 Å². The third-order valence-corrected chi connectivity index (χ3v) is 3.11. The van der Waals surface area contributed by atoms with Crippen molar-refractivity contribution in [2.24, 2.45) is 0 Å². The number of hydrogen-bond acceptors (Lipinski definition) is 4. The number of aromatic hydroxyl groups is 2. The fourth-order valence-corrected chi connectivity index (χ4v) is 1.89. The minimum absolute atomic E-state index is 0.117. The van der Waals surface area contributed by atoms with Crippen LogP contribution < -0.4 is 4.74 Å². The Balaban J connectivity index is 2.26. The summed E-state index contributed by atoms with van der Waals surface area (Å²) in [6, 6.07) is 9.30. The lowest BCUT2D eigenvalue weighted by Crippen LogP contribution is -1.94. The van der Waals surface area contributed by atoms with E-state index in [2.05, 4.69) is 0 Å². The van der Waals surface area contributed by atoms with E-state index in [-0.39, 0.29) is 17.3 Å². The molecule has 0 aliphatic rings. The molecular weight excluding hydrogens is 268 g/mol. The number of ketones is 1. The Labute approximate surface area is 122 Å². The van der Waals surface area contributed by atoms with Crippen LogP contribution in [0, 0.1) is 6.92 Å². The van der Waals surface area contributed by atoms with Gasteiger partial charge in [0.15, 0.2) is 5.78 Å². The molecule has 0 fully saturated rings. The van der Waals surface area contributed by atoms with Crippen molar-refractivity contribution < 1.29 is 19.7 Å². The van der Waals surface area contributed by atoms with Crippen LogP contribution in [0.15, 0.2) is 42.5 Å². The van der Waals surface area contributed by atoms with Gasteiger partial charge in [0.2, 0.25) is 0 Å². The van der Waals surface area contributed by atoms with Crippen molar-refractivity contribution in [2.75, 3.05) is 7.11 Å². The number of aryl methyl sites for hydroxylation is 1. The predicted molar refractivity (Wildman–Crippen MR) is 80.9 cm³/mol. The average molecular weight is 284 g/mol. The van der Waals surface area contributed by atoms with Gasteiger partial charge in [0, 0.05) is 17.2 Å². The highest BCUT2D eigenvalue weighted by atomic mass is 16.5. The van der Waals surface area contributed by atoms with Crippen molar-refractivity contribution in [2.45, 2.75) is 6.92 Å². The number of ether oxygens (including phenoxy) is 1. The summed E-state index contributed by atoms with van der Waals surface area (Å²) in [4.78, 5) is 12.0. The van der Waals surface area contributed by atoms with Gasteiger partial charge in [-0.2, -0.15) is 0 Å². The average Bonchev–Trinajstić information content (AvgIpc) is 2.48. The molecule has 0 aromatic heterocycles. The number of carbonyl (C=O) groups excluding carboxylic acids is 1. The molecule has 0 radical (unpaired) electrons. The van der Waals surface area contributed by atoms with Crippen molar-refractivity contribution in [1.82, 2.24) is 0 Å². The molecule has 21 heavy (non-hydrogen) atoms. The van der Waals surface area contributed by atoms with Gasteiger partial charge in [0.25, 0.3) is 0 Å². The SMILES string of the molecule is COc1cc(O)c(C)cc1C=CC(=O)c1ccc(O)cc1. The monoisotopic (exact) mass is 284 g/mol. The third kappa shape index (κ3) is 3.42. The summed E-state index contributed by atoms with van der Waals surface area (Å²) in [6.45, 7) is 1.77. The Morgan fingerprint density at radius 1 is 1.14 bits per heavy atom. The van der Waals surface area contributed by atoms with Gasteiger partial charge >= 0.3 is 0 Å². The number of hydrogen-bond donors (Lipinski definition) is 2. The van der Waals surface area contributed by atoms with E-state index in [0.717, 1.165) is 0 Å². The first-order chi connectivity index (χ1) is 10.0. The number of allylic oxidation sites excluding steroid dienone is 1. The maximum Gasteiger partial charge on any atom is 0.185 e. The summed E-state index contributed by atoms with van der Waals surface area (Å²) < 4.78 is 5.18. The first kappa shape index (κ1) is 14.7. The quantitative estimate of drug-likeness (QED) is 0.667. The Morgan fingerprint density at radius 2 is 1.81 bits per heavy atom. The summed E-state index contributed by atoms with van der Waals surface area (Å²) in [5.74, 6) is 0.579. The van der Waals surface area contributed by atoms with Gasteiger partial charge in [-0.15, -0.1) is 0 Å². The molecule has 2 aromatic rings. The van der Waals surface area contributed by atoms with Crippen LogP contribution >= 0.6 is 0 Å². The number of methoxy groups -OCH3 is 1. The van der Waals surface area contributed by atoms with Crippen molar-refractivity contribution in [3.63, 3.8) is 0 Å². The van der Waals surface area contributed by atoms with Crippen LogP contribution in [0.1, 0.15) is 21.5 Å². The zero-order valence-corrected chi connectivity index (χ0v) is 11.8. The number of benzene rings is 2. The Kier molecular flexibility index (Phi) is 4.28. The van der Waals surface area contributed by atoms with E-state index in [0.29, 0.717) is 22.4 Å². The van der Waals surface area contributed by atoms with E-state index in [1.165, 1.54) is 31.4 Å². The molecule has 0 heterocycles. The molecule has 0 atom stereocenters. The third-order valence-electron chi connectivity index (χ3n) is 3.11. The van der Waals surface area contributed by atoms with Gasteiger partial charge in [-0.25, -0.2) is 0 Å². The molecule has 2 rings (SSSR count). The van der Waals surface area contributed by atoms with Crippen LogP contribution in [0.5, 0.6) is 17.2 Å². The second-order valence-electron chi connectivity index (χ2n) is 4.63. The van der Waals surface area contributed by atoms with Crippen molar-refractivity contribution >= 4 is 11.9 Å². The minimum atomic E-state index is -0.178. The molecule has 0 saturated carbocycles. The Bertz CT molecular complexity index is 685. The molecular formula is C17H16O4. The highest BCUT2D eigenvalue weighted by Crippen LogP contribution is 2.28. The number of rotatable bonds is 4. The first-order valence-corrected chi connectivity index (χ1v) is 6.40. The lowest BCUT2D eigenvalue weighted by atomic mass is 10.1. The largest absolute Gasteiger partial charge is 0.508 e. The lowest BCUT2D eigenvalue weighted by Gasteiger charge is -2.07. The Hall–Kier alpha value is -2.75. The summed E-state index contributed by atoms with van der Waals surface area (Å²) in [5.41, 5.74) is 1.89. The maximum absolute atomic E-state index is 12.0. The number of phenolic OH excluding ortho intramolecular Hbond substituents is 2. The molecule has 0 unspecified atom stereocenters. The minimum Gasteiger partial charge on any atom is -0.508 e. The van der Waals surface area contributed by atoms with Crippen molar-refractivity contribution in [1.29, 1.82) is 0 Å². The van der Waals surface area contributed by atoms with Gasteiger partial charge in [-0.05, 0) is 55.0 Å². The molecule has 2 aromatic carbocycles. The molecule has 0 bridgehead atoms. The van der Waals surface area contributed by atoms with Crippen LogP contribution in [-0.2, 0) is 0 Å². The first-order valence-electron chi connectivity index (χ1n) is 6.40. The molecule has 0 amide bonds. The van der Waals surface area contributed by atoms with E-state index < -0.39 is 0 Å². The zero-order chi connectivity index (χ0) is 15.4. The predicted octanol–water partition coefficient (Wildman–Crippen LogP) is 3.31. The van der Waals surface area contributed by atoms with E-state index in [1.807, 2.05) is 0 Å². The van der Waals surface area contributed by atoms with E-state index in [4.69, 9.17) is 4.74 Å². The van der Waals surface area contributed by atoms with Gasteiger partial charge in [-0.3, -0.25) is 4.79 Å². The van der Waals surface area contributed by atoms with Gasteiger partial charge in [0.05, 0.1) is 7.11 Å². The molecule has 2 N–H and O–H groups in total. The molecule has 0 aliphatic carbocycles. The fraction of sp³-hybridized carbons (Fsp3) is 0.118. The molecule has 4 nitrogen and oxygen atoms in total. The summed E-state index contributed by atoms with van der Waals surface area (Å²) >= 11 is 0. The van der Waals surface area contributed by atoms with Gasteiger partial charge in [0.1, 0.15) is 17.2 Å². The second-order valence-corrected chi connectivity index (χ2v) is 4.63. The fourth-order valence-electron chi connectivity index (χ4n) is 1.89. The van der Waals surface area contributed by atoms with E-state index >= 15 is 0 Å². The van der Waals surface area contributed by atoms with E-state index in [9.17, 15) is 15.0 Å². The number of phenols is 2. The molecule has 0 saturated heterocycles. The molecule has 4 heteroatoms.